The zero-order chi connectivity index (χ0) is 18.4. The third-order valence-electron chi connectivity index (χ3n) is 5.30. The van der Waals surface area contributed by atoms with Crippen molar-refractivity contribution in [1.82, 2.24) is 15.6 Å². The normalized spacial score (nSPS) is 26.0. The first-order valence-electron chi connectivity index (χ1n) is 9.42. The van der Waals surface area contributed by atoms with Gasteiger partial charge in [-0.3, -0.25) is 14.6 Å². The Labute approximate surface area is 153 Å². The number of rotatable bonds is 7. The summed E-state index contributed by atoms with van der Waals surface area (Å²) in [5, 5.41) is 15.5. The van der Waals surface area contributed by atoms with Gasteiger partial charge in [0.1, 0.15) is 6.10 Å². The van der Waals surface area contributed by atoms with Gasteiger partial charge in [0, 0.05) is 30.4 Å². The molecule has 1 saturated heterocycles. The number of aromatic nitrogens is 1. The largest absolute Gasteiger partial charge is 0.394 e. The molecular formula is C19H27N3O4. The molecule has 2 fully saturated rings. The molecule has 1 aliphatic heterocycles. The molecule has 3 atom stereocenters. The monoisotopic (exact) mass is 361 g/mol. The summed E-state index contributed by atoms with van der Waals surface area (Å²) in [5.41, 5.74) is 0.539. The average Bonchev–Trinajstić information content (AvgIpc) is 2.62. The maximum atomic E-state index is 12.3. The van der Waals surface area contributed by atoms with Crippen molar-refractivity contribution in [1.29, 1.82) is 0 Å². The lowest BCUT2D eigenvalue weighted by Gasteiger charge is -2.36. The van der Waals surface area contributed by atoms with Crippen LogP contribution in [0, 0.1) is 5.92 Å². The number of aliphatic hydroxyl groups is 1. The number of carbonyl (C=O) groups is 2. The summed E-state index contributed by atoms with van der Waals surface area (Å²) < 4.78 is 5.94. The van der Waals surface area contributed by atoms with Gasteiger partial charge in [-0.2, -0.15) is 0 Å². The first-order valence-corrected chi connectivity index (χ1v) is 9.42. The van der Waals surface area contributed by atoms with Gasteiger partial charge in [-0.1, -0.05) is 6.42 Å². The second kappa shape index (κ2) is 9.09. The number of nitrogens with one attached hydrogen (secondary N) is 2. The number of aliphatic hydroxyl groups excluding tert-OH is 1. The van der Waals surface area contributed by atoms with Crippen molar-refractivity contribution in [3.05, 3.63) is 30.1 Å². The van der Waals surface area contributed by atoms with Crippen LogP contribution in [0.4, 0.5) is 0 Å². The third-order valence-corrected chi connectivity index (χ3v) is 5.30. The van der Waals surface area contributed by atoms with Gasteiger partial charge in [-0.25, -0.2) is 0 Å². The van der Waals surface area contributed by atoms with Crippen LogP contribution in [0.25, 0.3) is 0 Å². The summed E-state index contributed by atoms with van der Waals surface area (Å²) in [7, 11) is 0. The number of carbonyl (C=O) groups excluding carboxylic acids is 2. The Morgan fingerprint density at radius 2 is 1.96 bits per heavy atom. The molecule has 0 spiro atoms. The number of hydrogen-bond acceptors (Lipinski definition) is 5. The van der Waals surface area contributed by atoms with E-state index in [1.807, 2.05) is 0 Å². The van der Waals surface area contributed by atoms with E-state index in [-0.39, 0.29) is 36.5 Å². The molecule has 7 heteroatoms. The van der Waals surface area contributed by atoms with Gasteiger partial charge in [0.05, 0.1) is 18.8 Å². The highest BCUT2D eigenvalue weighted by Gasteiger charge is 2.32. The minimum absolute atomic E-state index is 0.0112. The number of hydrogen-bond donors (Lipinski definition) is 3. The molecule has 0 radical (unpaired) electrons. The predicted molar refractivity (Wildman–Crippen MR) is 95.4 cm³/mol. The molecule has 142 valence electrons. The van der Waals surface area contributed by atoms with Crippen molar-refractivity contribution >= 4 is 11.8 Å². The second-order valence-corrected chi connectivity index (χ2v) is 7.08. The van der Waals surface area contributed by atoms with Gasteiger partial charge in [0.15, 0.2) is 0 Å². The zero-order valence-corrected chi connectivity index (χ0v) is 14.9. The maximum absolute atomic E-state index is 12.3. The minimum Gasteiger partial charge on any atom is -0.394 e. The zero-order valence-electron chi connectivity index (χ0n) is 14.9. The van der Waals surface area contributed by atoms with Crippen LogP contribution in [0.15, 0.2) is 24.5 Å². The summed E-state index contributed by atoms with van der Waals surface area (Å²) in [4.78, 5) is 28.0. The van der Waals surface area contributed by atoms with Gasteiger partial charge >= 0.3 is 0 Å². The van der Waals surface area contributed by atoms with Gasteiger partial charge in [0.2, 0.25) is 5.91 Å². The van der Waals surface area contributed by atoms with Crippen LogP contribution in [-0.4, -0.2) is 53.3 Å². The van der Waals surface area contributed by atoms with Crippen LogP contribution in [-0.2, 0) is 9.53 Å². The number of pyridine rings is 1. The van der Waals surface area contributed by atoms with Crippen LogP contribution in [0.1, 0.15) is 48.9 Å². The average molecular weight is 361 g/mol. The van der Waals surface area contributed by atoms with Crippen molar-refractivity contribution in [3.8, 4) is 0 Å². The summed E-state index contributed by atoms with van der Waals surface area (Å²) in [6.07, 6.45) is 8.10. The maximum Gasteiger partial charge on any atom is 0.251 e. The van der Waals surface area contributed by atoms with Crippen LogP contribution in [0.2, 0.25) is 0 Å². The van der Waals surface area contributed by atoms with E-state index >= 15 is 0 Å². The molecule has 1 aromatic heterocycles. The van der Waals surface area contributed by atoms with E-state index in [0.717, 1.165) is 38.5 Å². The lowest BCUT2D eigenvalue weighted by Crippen LogP contribution is -2.51. The molecule has 0 bridgehead atoms. The molecule has 2 heterocycles. The Balaban J connectivity index is 1.43. The van der Waals surface area contributed by atoms with E-state index in [9.17, 15) is 14.7 Å². The Hall–Kier alpha value is -1.99. The van der Waals surface area contributed by atoms with Gasteiger partial charge < -0.3 is 20.5 Å². The van der Waals surface area contributed by atoms with Crippen LogP contribution in [0.5, 0.6) is 0 Å². The van der Waals surface area contributed by atoms with Crippen molar-refractivity contribution in [2.75, 3.05) is 13.2 Å². The highest BCUT2D eigenvalue weighted by molar-refractivity contribution is 5.94. The summed E-state index contributed by atoms with van der Waals surface area (Å²) in [6, 6.07) is 3.09. The molecule has 26 heavy (non-hydrogen) atoms. The van der Waals surface area contributed by atoms with Crippen molar-refractivity contribution in [2.24, 2.45) is 5.92 Å². The second-order valence-electron chi connectivity index (χ2n) is 7.08. The molecule has 2 aliphatic rings. The first kappa shape index (κ1) is 18.8. The van der Waals surface area contributed by atoms with Gasteiger partial charge in [0.25, 0.3) is 5.91 Å². The molecule has 3 N–H and O–H groups in total. The van der Waals surface area contributed by atoms with E-state index in [1.165, 1.54) is 0 Å². The molecule has 0 aromatic carbocycles. The fourth-order valence-corrected chi connectivity index (χ4v) is 3.44. The lowest BCUT2D eigenvalue weighted by atomic mass is 9.85. The van der Waals surface area contributed by atoms with E-state index in [4.69, 9.17) is 4.74 Å². The smallest absolute Gasteiger partial charge is 0.251 e. The molecule has 1 aliphatic carbocycles. The lowest BCUT2D eigenvalue weighted by molar-refractivity contribution is -0.127. The fraction of sp³-hybridized carbons (Fsp3) is 0.632. The van der Waals surface area contributed by atoms with Crippen LogP contribution in [0.3, 0.4) is 0 Å². The topological polar surface area (TPSA) is 101 Å². The van der Waals surface area contributed by atoms with Crippen LogP contribution >= 0.6 is 0 Å². The molecule has 0 unspecified atom stereocenters. The molecule has 3 rings (SSSR count). The first-order chi connectivity index (χ1) is 12.7. The molecule has 1 saturated carbocycles. The number of nitrogens with zero attached hydrogens (tertiary/aromatic N) is 1. The number of ether oxygens (including phenoxy) is 1. The van der Waals surface area contributed by atoms with Crippen LogP contribution < -0.4 is 10.6 Å². The van der Waals surface area contributed by atoms with Crippen molar-refractivity contribution in [2.45, 2.75) is 56.8 Å². The predicted octanol–water partition coefficient (Wildman–Crippen LogP) is 1.03. The Bertz CT molecular complexity index is 606. The van der Waals surface area contributed by atoms with E-state index in [2.05, 4.69) is 15.6 Å². The van der Waals surface area contributed by atoms with Gasteiger partial charge in [-0.05, 0) is 44.2 Å². The highest BCUT2D eigenvalue weighted by Crippen LogP contribution is 2.26. The van der Waals surface area contributed by atoms with E-state index < -0.39 is 6.10 Å². The summed E-state index contributed by atoms with van der Waals surface area (Å²) in [5.74, 6) is 0.152. The fourth-order valence-electron chi connectivity index (χ4n) is 3.44. The van der Waals surface area contributed by atoms with Gasteiger partial charge in [-0.15, -0.1) is 0 Å². The summed E-state index contributed by atoms with van der Waals surface area (Å²) in [6.45, 7) is 0.443. The van der Waals surface area contributed by atoms with Crippen molar-refractivity contribution in [3.63, 3.8) is 0 Å². The highest BCUT2D eigenvalue weighted by atomic mass is 16.5. The molecule has 1 aromatic rings. The molecule has 7 nitrogen and oxygen atoms in total. The standard InChI is InChI=1S/C19H27N3O4/c23-12-17-16(22-19(25)14-6-9-20-10-7-14)5-4-15(26-17)8-11-21-18(24)13-2-1-3-13/h6-7,9-10,13,15-17,23H,1-5,8,11-12H2,(H,21,24)(H,22,25)/t15-,16+,17+/m1/s1. The Kier molecular flexibility index (Phi) is 6.57. The third kappa shape index (κ3) is 4.80. The quantitative estimate of drug-likeness (QED) is 0.673. The minimum atomic E-state index is -0.429. The summed E-state index contributed by atoms with van der Waals surface area (Å²) >= 11 is 0. The van der Waals surface area contributed by atoms with Crippen molar-refractivity contribution < 1.29 is 19.4 Å². The molecular weight excluding hydrogens is 334 g/mol. The Morgan fingerprint density at radius 3 is 2.62 bits per heavy atom. The Morgan fingerprint density at radius 1 is 1.19 bits per heavy atom. The molecule has 2 amide bonds. The number of amides is 2. The van der Waals surface area contributed by atoms with E-state index in [1.54, 1.807) is 24.5 Å². The van der Waals surface area contributed by atoms with E-state index in [0.29, 0.717) is 12.1 Å². The SMILES string of the molecule is O=C(N[C@H]1CC[C@H](CCNC(=O)C2CCC2)O[C@H]1CO)c1ccncc1.